The average molecular weight is 272 g/mol. The van der Waals surface area contributed by atoms with Crippen LogP contribution in [0.25, 0.3) is 10.9 Å². The highest BCUT2D eigenvalue weighted by Crippen LogP contribution is 2.20. The topological polar surface area (TPSA) is 28.3 Å². The molecule has 0 unspecified atom stereocenters. The van der Waals surface area contributed by atoms with Crippen LogP contribution < -0.4 is 0 Å². The molecule has 0 aliphatic carbocycles. The molecule has 1 fully saturated rings. The largest absolute Gasteiger partial charge is 0.383 e. The number of nitrogens with zero attached hydrogens (tertiary/aromatic N) is 1. The standard InChI is InChI=1S/C17H24N2O/c1-13-10-15-11-14(5-6-17(15)18-13)7-9-19-8-3-4-16(19)12-20-2/h5-6,10-11,16,18H,3-4,7-9,12H2,1-2H3/t16-/m0/s1. The average Bonchev–Trinajstić information content (AvgIpc) is 3.01. The third-order valence-electron chi connectivity index (χ3n) is 4.37. The van der Waals surface area contributed by atoms with E-state index in [0.29, 0.717) is 6.04 Å². The van der Waals surface area contributed by atoms with E-state index in [4.69, 9.17) is 4.74 Å². The molecule has 0 radical (unpaired) electrons. The van der Waals surface area contributed by atoms with Crippen molar-refractivity contribution in [2.24, 2.45) is 0 Å². The number of aromatic amines is 1. The van der Waals surface area contributed by atoms with Gasteiger partial charge in [0.25, 0.3) is 0 Å². The highest BCUT2D eigenvalue weighted by molar-refractivity contribution is 5.81. The lowest BCUT2D eigenvalue weighted by Gasteiger charge is -2.23. The summed E-state index contributed by atoms with van der Waals surface area (Å²) in [6.45, 7) is 5.35. The van der Waals surface area contributed by atoms with Gasteiger partial charge >= 0.3 is 0 Å². The van der Waals surface area contributed by atoms with E-state index in [2.05, 4.69) is 41.1 Å². The predicted octanol–water partition coefficient (Wildman–Crippen LogP) is 3.13. The Morgan fingerprint density at radius 2 is 2.25 bits per heavy atom. The monoisotopic (exact) mass is 272 g/mol. The van der Waals surface area contributed by atoms with Gasteiger partial charge in [-0.2, -0.15) is 0 Å². The van der Waals surface area contributed by atoms with Gasteiger partial charge in [0.1, 0.15) is 0 Å². The van der Waals surface area contributed by atoms with Gasteiger partial charge in [-0.25, -0.2) is 0 Å². The fourth-order valence-corrected chi connectivity index (χ4v) is 3.33. The summed E-state index contributed by atoms with van der Waals surface area (Å²) in [5, 5.41) is 1.33. The van der Waals surface area contributed by atoms with Gasteiger partial charge in [-0.05, 0) is 61.9 Å². The van der Waals surface area contributed by atoms with Crippen molar-refractivity contribution in [3.8, 4) is 0 Å². The van der Waals surface area contributed by atoms with Gasteiger partial charge in [0, 0.05) is 30.9 Å². The molecule has 0 amide bonds. The summed E-state index contributed by atoms with van der Waals surface area (Å²) in [4.78, 5) is 5.96. The molecule has 0 bridgehead atoms. The molecule has 0 spiro atoms. The number of ether oxygens (including phenoxy) is 1. The quantitative estimate of drug-likeness (QED) is 0.905. The molecular formula is C17H24N2O. The Hall–Kier alpha value is -1.32. The van der Waals surface area contributed by atoms with Crippen LogP contribution in [0, 0.1) is 6.92 Å². The summed E-state index contributed by atoms with van der Waals surface area (Å²) in [5.74, 6) is 0. The summed E-state index contributed by atoms with van der Waals surface area (Å²) >= 11 is 0. The number of hydrogen-bond acceptors (Lipinski definition) is 2. The van der Waals surface area contributed by atoms with Crippen LogP contribution in [0.4, 0.5) is 0 Å². The molecular weight excluding hydrogens is 248 g/mol. The van der Waals surface area contributed by atoms with E-state index in [9.17, 15) is 0 Å². The predicted molar refractivity (Wildman–Crippen MR) is 83.2 cm³/mol. The molecule has 2 heterocycles. The minimum atomic E-state index is 0.623. The molecule has 3 nitrogen and oxygen atoms in total. The maximum absolute atomic E-state index is 5.32. The summed E-state index contributed by atoms with van der Waals surface area (Å²) in [5.41, 5.74) is 3.90. The van der Waals surface area contributed by atoms with Gasteiger partial charge in [-0.1, -0.05) is 6.07 Å². The lowest BCUT2D eigenvalue weighted by molar-refractivity contribution is 0.116. The van der Waals surface area contributed by atoms with Gasteiger partial charge in [-0.15, -0.1) is 0 Å². The van der Waals surface area contributed by atoms with E-state index in [1.165, 1.54) is 41.5 Å². The molecule has 108 valence electrons. The van der Waals surface area contributed by atoms with Crippen molar-refractivity contribution in [1.82, 2.24) is 9.88 Å². The summed E-state index contributed by atoms with van der Waals surface area (Å²) < 4.78 is 5.32. The van der Waals surface area contributed by atoms with E-state index in [1.807, 2.05) is 0 Å². The second kappa shape index (κ2) is 5.98. The third-order valence-corrected chi connectivity index (χ3v) is 4.37. The molecule has 2 aromatic rings. The molecule has 1 aromatic carbocycles. The van der Waals surface area contributed by atoms with Gasteiger partial charge in [-0.3, -0.25) is 4.90 Å². The zero-order valence-electron chi connectivity index (χ0n) is 12.5. The first-order chi connectivity index (χ1) is 9.76. The van der Waals surface area contributed by atoms with Crippen LogP contribution in [0.2, 0.25) is 0 Å². The molecule has 3 heteroatoms. The number of H-pyrrole nitrogens is 1. The first-order valence-electron chi connectivity index (χ1n) is 7.57. The molecule has 1 atom stereocenters. The number of hydrogen-bond donors (Lipinski definition) is 1. The number of methoxy groups -OCH3 is 1. The lowest BCUT2D eigenvalue weighted by Crippen LogP contribution is -2.34. The van der Waals surface area contributed by atoms with Crippen molar-refractivity contribution in [3.63, 3.8) is 0 Å². The minimum Gasteiger partial charge on any atom is -0.383 e. The second-order valence-corrected chi connectivity index (χ2v) is 5.91. The van der Waals surface area contributed by atoms with Crippen LogP contribution in [-0.4, -0.2) is 42.7 Å². The Labute approximate surface area is 120 Å². The van der Waals surface area contributed by atoms with E-state index < -0.39 is 0 Å². The Morgan fingerprint density at radius 1 is 1.35 bits per heavy atom. The van der Waals surface area contributed by atoms with Crippen molar-refractivity contribution in [1.29, 1.82) is 0 Å². The Morgan fingerprint density at radius 3 is 3.10 bits per heavy atom. The fourth-order valence-electron chi connectivity index (χ4n) is 3.33. The molecule has 1 saturated heterocycles. The van der Waals surface area contributed by atoms with E-state index in [-0.39, 0.29) is 0 Å². The smallest absolute Gasteiger partial charge is 0.0618 e. The van der Waals surface area contributed by atoms with Crippen molar-refractivity contribution < 1.29 is 4.74 Å². The normalized spacial score (nSPS) is 20.0. The number of nitrogens with one attached hydrogen (secondary N) is 1. The lowest BCUT2D eigenvalue weighted by atomic mass is 10.1. The summed E-state index contributed by atoms with van der Waals surface area (Å²) in [6.07, 6.45) is 3.72. The highest BCUT2D eigenvalue weighted by Gasteiger charge is 2.23. The van der Waals surface area contributed by atoms with Crippen LogP contribution in [0.1, 0.15) is 24.1 Å². The fraction of sp³-hybridized carbons (Fsp3) is 0.529. The Kier molecular flexibility index (Phi) is 4.08. The number of likely N-dealkylation sites (tertiary alicyclic amines) is 1. The van der Waals surface area contributed by atoms with Crippen LogP contribution in [-0.2, 0) is 11.2 Å². The number of aryl methyl sites for hydroxylation is 1. The molecule has 1 N–H and O–H groups in total. The molecule has 1 aromatic heterocycles. The molecule has 0 saturated carbocycles. The van der Waals surface area contributed by atoms with Crippen LogP contribution >= 0.6 is 0 Å². The first-order valence-corrected chi connectivity index (χ1v) is 7.57. The second-order valence-electron chi connectivity index (χ2n) is 5.91. The van der Waals surface area contributed by atoms with E-state index >= 15 is 0 Å². The van der Waals surface area contributed by atoms with Crippen molar-refractivity contribution in [2.75, 3.05) is 26.8 Å². The molecule has 1 aliphatic heterocycles. The van der Waals surface area contributed by atoms with E-state index in [0.717, 1.165) is 19.6 Å². The zero-order valence-corrected chi connectivity index (χ0v) is 12.5. The zero-order chi connectivity index (χ0) is 13.9. The highest BCUT2D eigenvalue weighted by atomic mass is 16.5. The van der Waals surface area contributed by atoms with E-state index in [1.54, 1.807) is 7.11 Å². The van der Waals surface area contributed by atoms with Crippen LogP contribution in [0.3, 0.4) is 0 Å². The van der Waals surface area contributed by atoms with Crippen molar-refractivity contribution in [2.45, 2.75) is 32.2 Å². The number of benzene rings is 1. The first kappa shape index (κ1) is 13.7. The number of aromatic nitrogens is 1. The van der Waals surface area contributed by atoms with Gasteiger partial charge in [0.2, 0.25) is 0 Å². The maximum Gasteiger partial charge on any atom is 0.0618 e. The van der Waals surface area contributed by atoms with Crippen molar-refractivity contribution >= 4 is 10.9 Å². The Balaban J connectivity index is 1.64. The van der Waals surface area contributed by atoms with Crippen LogP contribution in [0.5, 0.6) is 0 Å². The molecule has 3 rings (SSSR count). The van der Waals surface area contributed by atoms with Gasteiger partial charge in [0.15, 0.2) is 0 Å². The molecule has 1 aliphatic rings. The third kappa shape index (κ3) is 2.89. The molecule has 20 heavy (non-hydrogen) atoms. The number of rotatable bonds is 5. The SMILES string of the molecule is COC[C@@H]1CCCN1CCc1ccc2[nH]c(C)cc2c1. The summed E-state index contributed by atoms with van der Waals surface area (Å²) in [6, 6.07) is 9.62. The minimum absolute atomic E-state index is 0.623. The number of fused-ring (bicyclic) bond motifs is 1. The Bertz CT molecular complexity index is 575. The maximum atomic E-state index is 5.32. The van der Waals surface area contributed by atoms with Crippen molar-refractivity contribution in [3.05, 3.63) is 35.5 Å². The summed E-state index contributed by atoms with van der Waals surface area (Å²) in [7, 11) is 1.80. The van der Waals surface area contributed by atoms with Crippen LogP contribution in [0.15, 0.2) is 24.3 Å². The van der Waals surface area contributed by atoms with Gasteiger partial charge < -0.3 is 9.72 Å². The van der Waals surface area contributed by atoms with Gasteiger partial charge in [0.05, 0.1) is 6.61 Å².